The zero-order valence-corrected chi connectivity index (χ0v) is 45.7. The fraction of sp³-hybridized carbons (Fsp3) is 0.915. The molecule has 0 amide bonds. The molecule has 394 valence electrons. The smallest absolute Gasteiger partial charge is 0.344 e. The highest BCUT2D eigenvalue weighted by Gasteiger charge is 2.55. The van der Waals surface area contributed by atoms with Crippen LogP contribution >= 0.6 is 0 Å². The van der Waals surface area contributed by atoms with Crippen molar-refractivity contribution >= 4 is 29.8 Å². The van der Waals surface area contributed by atoms with Crippen LogP contribution < -0.4 is 0 Å². The largest absolute Gasteiger partial charge is 0.462 e. The Balaban J connectivity index is 0.000000154. The average Bonchev–Trinajstić information content (AvgIpc) is 3.92. The average molecular weight is 967 g/mol. The van der Waals surface area contributed by atoms with Gasteiger partial charge in [0.1, 0.15) is 23.4 Å². The molecule has 0 aromatic carbocycles. The Morgan fingerprint density at radius 2 is 0.812 bits per heavy atom. The molecule has 10 heteroatoms. The molecule has 0 aliphatic heterocycles. The molecule has 0 aromatic rings. The van der Waals surface area contributed by atoms with E-state index in [1.807, 2.05) is 76.2 Å². The number of ether oxygens (including phenoxy) is 5. The van der Waals surface area contributed by atoms with Gasteiger partial charge in [-0.3, -0.25) is 19.2 Å². The molecule has 10 nitrogen and oxygen atoms in total. The lowest BCUT2D eigenvalue weighted by Crippen LogP contribution is -2.53. The van der Waals surface area contributed by atoms with Gasteiger partial charge in [0.25, 0.3) is 0 Å². The van der Waals surface area contributed by atoms with Crippen molar-refractivity contribution in [2.75, 3.05) is 6.61 Å². The fourth-order valence-electron chi connectivity index (χ4n) is 13.9. The Morgan fingerprint density at radius 3 is 1.20 bits per heavy atom. The van der Waals surface area contributed by atoms with Crippen LogP contribution in [0.2, 0.25) is 0 Å². The maximum atomic E-state index is 12.4. The van der Waals surface area contributed by atoms with Gasteiger partial charge >= 0.3 is 29.8 Å². The van der Waals surface area contributed by atoms with Crippen LogP contribution in [0.1, 0.15) is 244 Å². The van der Waals surface area contributed by atoms with Crippen LogP contribution in [0.25, 0.3) is 0 Å². The predicted octanol–water partition coefficient (Wildman–Crippen LogP) is 13.9. The number of rotatable bonds is 14. The van der Waals surface area contributed by atoms with E-state index in [0.717, 1.165) is 118 Å². The van der Waals surface area contributed by atoms with Crippen LogP contribution in [-0.4, -0.2) is 59.9 Å². The van der Waals surface area contributed by atoms with Gasteiger partial charge in [-0.1, -0.05) is 34.1 Å². The second-order valence-corrected chi connectivity index (χ2v) is 26.9. The molecule has 0 aromatic heterocycles. The number of hydrogen-bond donors (Lipinski definition) is 0. The van der Waals surface area contributed by atoms with Crippen LogP contribution in [0.4, 0.5) is 0 Å². The van der Waals surface area contributed by atoms with Gasteiger partial charge in [0.05, 0.1) is 21.7 Å². The summed E-state index contributed by atoms with van der Waals surface area (Å²) in [5.74, 6) is 5.57. The quantitative estimate of drug-likeness (QED) is 0.122. The molecule has 0 saturated heterocycles. The van der Waals surface area contributed by atoms with Crippen molar-refractivity contribution in [2.45, 2.75) is 267 Å². The van der Waals surface area contributed by atoms with E-state index in [1.165, 1.54) is 77.0 Å². The first-order valence-electron chi connectivity index (χ1n) is 28.4. The third kappa shape index (κ3) is 14.3. The zero-order valence-electron chi connectivity index (χ0n) is 45.7. The van der Waals surface area contributed by atoms with Crippen molar-refractivity contribution in [3.63, 3.8) is 0 Å². The molecule has 11 rings (SSSR count). The molecule has 3 atom stereocenters. The van der Waals surface area contributed by atoms with Crippen molar-refractivity contribution in [1.82, 2.24) is 0 Å². The highest BCUT2D eigenvalue weighted by molar-refractivity contribution is 5.80. The maximum absolute atomic E-state index is 12.4. The van der Waals surface area contributed by atoms with Gasteiger partial charge in [-0.25, -0.2) is 4.79 Å². The molecular formula is C59H98O10. The standard InChI is InChI=1S/C18H28O4.C16H26O2.C13H22O2.C12H22O2/c1-4-17(2,3)16(20)21-11-15(19)22-18-8-12-5-13(9-18)7-14(6-12)10-18;1-4-15(2,3)14(17)18-16-8-11-5-12(9-16)7-13(6-11)10-16;1-4-13(2,3)12(14)15-11-8-9-5-6-10(11)7-9;1-4-12(2,3)11(13)14-10-8-6-5-7-9-10/h12-14H,4-11H2,1-3H3;11-13H,4-10H2,1-3H3;9-11H,4-8H2,1-3H3;10H,4-9H2,1-3H3. The molecule has 11 saturated carbocycles. The SMILES string of the molecule is CCC(C)(C)C(=O)OC12CC3CC(CC(C3)C1)C2.CCC(C)(C)C(=O)OC1CC2CCC1C2.CCC(C)(C)C(=O)OC1CCCCC1.CCC(C)(C)C(=O)OCC(=O)OC12CC3CC(CC(C3)C1)C2. The molecule has 11 fully saturated rings. The van der Waals surface area contributed by atoms with Crippen LogP contribution in [0.3, 0.4) is 0 Å². The molecule has 0 N–H and O–H groups in total. The number of carbonyl (C=O) groups is 5. The Bertz CT molecular complexity index is 1700. The van der Waals surface area contributed by atoms with Crippen LogP contribution in [0, 0.1) is 69.0 Å². The summed E-state index contributed by atoms with van der Waals surface area (Å²) in [4.78, 5) is 60.1. The van der Waals surface area contributed by atoms with Crippen LogP contribution in [0.15, 0.2) is 0 Å². The van der Waals surface area contributed by atoms with Gasteiger partial charge in [-0.2, -0.15) is 0 Å². The van der Waals surface area contributed by atoms with E-state index in [4.69, 9.17) is 23.7 Å². The molecule has 0 heterocycles. The van der Waals surface area contributed by atoms with E-state index < -0.39 is 5.41 Å². The lowest BCUT2D eigenvalue weighted by atomic mass is 9.54. The third-order valence-electron chi connectivity index (χ3n) is 19.4. The highest BCUT2D eigenvalue weighted by Crippen LogP contribution is 2.58. The van der Waals surface area contributed by atoms with Crippen LogP contribution in [0.5, 0.6) is 0 Å². The predicted molar refractivity (Wildman–Crippen MR) is 270 cm³/mol. The van der Waals surface area contributed by atoms with Gasteiger partial charge in [0, 0.05) is 0 Å². The minimum atomic E-state index is -0.541. The summed E-state index contributed by atoms with van der Waals surface area (Å²) in [6, 6.07) is 0. The van der Waals surface area contributed by atoms with Gasteiger partial charge < -0.3 is 23.7 Å². The summed E-state index contributed by atoms with van der Waals surface area (Å²) in [7, 11) is 0. The maximum Gasteiger partial charge on any atom is 0.344 e. The highest BCUT2D eigenvalue weighted by atomic mass is 16.6. The number of esters is 5. The third-order valence-corrected chi connectivity index (χ3v) is 19.4. The Kier molecular flexibility index (Phi) is 18.3. The monoisotopic (exact) mass is 967 g/mol. The second-order valence-electron chi connectivity index (χ2n) is 26.9. The molecule has 69 heavy (non-hydrogen) atoms. The van der Waals surface area contributed by atoms with Crippen molar-refractivity contribution in [3.05, 3.63) is 0 Å². The second kappa shape index (κ2) is 22.6. The first kappa shape index (κ1) is 55.7. The summed E-state index contributed by atoms with van der Waals surface area (Å²) in [5.41, 5.74) is -1.79. The van der Waals surface area contributed by atoms with E-state index in [9.17, 15) is 24.0 Å². The summed E-state index contributed by atoms with van der Waals surface area (Å²) in [5, 5.41) is 0. The van der Waals surface area contributed by atoms with E-state index in [2.05, 4.69) is 6.92 Å². The molecule has 11 aliphatic carbocycles. The lowest BCUT2D eigenvalue weighted by Gasteiger charge is -2.56. The number of carbonyl (C=O) groups excluding carboxylic acids is 5. The molecule has 10 bridgehead atoms. The summed E-state index contributed by atoms with van der Waals surface area (Å²) < 4.78 is 28.2. The number of fused-ring (bicyclic) bond motifs is 2. The topological polar surface area (TPSA) is 132 Å². The van der Waals surface area contributed by atoms with Gasteiger partial charge in [-0.15, -0.1) is 0 Å². The van der Waals surface area contributed by atoms with E-state index in [1.54, 1.807) is 0 Å². The van der Waals surface area contributed by atoms with Crippen molar-refractivity contribution in [3.8, 4) is 0 Å². The van der Waals surface area contributed by atoms with E-state index in [0.29, 0.717) is 12.3 Å². The lowest BCUT2D eigenvalue weighted by molar-refractivity contribution is -0.196. The fourth-order valence-corrected chi connectivity index (χ4v) is 13.9. The van der Waals surface area contributed by atoms with Crippen LogP contribution in [-0.2, 0) is 47.7 Å². The summed E-state index contributed by atoms with van der Waals surface area (Å²) >= 11 is 0. The van der Waals surface area contributed by atoms with E-state index in [-0.39, 0.29) is 76.1 Å². The minimum absolute atomic E-state index is 0.00236. The molecule has 11 aliphatic rings. The molecule has 3 unspecified atom stereocenters. The number of hydrogen-bond acceptors (Lipinski definition) is 10. The van der Waals surface area contributed by atoms with Crippen molar-refractivity contribution in [1.29, 1.82) is 0 Å². The summed E-state index contributed by atoms with van der Waals surface area (Å²) in [6.45, 7) is 23.4. The van der Waals surface area contributed by atoms with Crippen molar-refractivity contribution < 1.29 is 47.7 Å². The Labute approximate surface area is 418 Å². The van der Waals surface area contributed by atoms with Gasteiger partial charge in [0.15, 0.2) is 6.61 Å². The molecule has 0 spiro atoms. The molecule has 0 radical (unpaired) electrons. The molecular weight excluding hydrogens is 869 g/mol. The van der Waals surface area contributed by atoms with Crippen molar-refractivity contribution in [2.24, 2.45) is 69.0 Å². The zero-order chi connectivity index (χ0) is 50.6. The normalized spacial score (nSPS) is 33.9. The first-order chi connectivity index (χ1) is 32.3. The van der Waals surface area contributed by atoms with E-state index >= 15 is 0 Å². The van der Waals surface area contributed by atoms with Gasteiger partial charge in [-0.05, 0) is 257 Å². The Hall–Kier alpha value is -2.65. The minimum Gasteiger partial charge on any atom is -0.462 e. The first-order valence-corrected chi connectivity index (χ1v) is 28.4. The van der Waals surface area contributed by atoms with Gasteiger partial charge in [0.2, 0.25) is 0 Å². The Morgan fingerprint density at radius 1 is 0.420 bits per heavy atom. The summed E-state index contributed by atoms with van der Waals surface area (Å²) in [6.07, 6.45) is 29.2.